The summed E-state index contributed by atoms with van der Waals surface area (Å²) in [5.41, 5.74) is 22.7. The van der Waals surface area contributed by atoms with Gasteiger partial charge in [-0.05, 0) is 89.2 Å². The van der Waals surface area contributed by atoms with Crippen molar-refractivity contribution in [2.75, 3.05) is 0 Å². The maximum Gasteiger partial charge on any atom is 0.131 e. The molecule has 10 aromatic carbocycles. The van der Waals surface area contributed by atoms with Gasteiger partial charge in [0.15, 0.2) is 0 Å². The standard InChI is InChI=1S/C61H44N2/c62-60(45-24-7-2-8-25-45)63-57(41-37-43-22-13-15-30-48(43)42-20-5-1-6-21-42)53-39-38-52(50-32-17-18-33-51(50)53)54-34-19-35-55-58-49-31-16-14-23-44(49)36-40-56(58)61(59(54)55,46-26-9-3-10-27-46)47-28-11-4-12-29-47/h1-36,38-41H,37H2,(H2,62,63)/b57-41-. The van der Waals surface area contributed by atoms with Crippen LogP contribution in [0.4, 0.5) is 0 Å². The highest BCUT2D eigenvalue weighted by Gasteiger charge is 2.48. The second kappa shape index (κ2) is 16.1. The topological polar surface area (TPSA) is 38.4 Å². The van der Waals surface area contributed by atoms with Gasteiger partial charge < -0.3 is 5.73 Å². The van der Waals surface area contributed by atoms with Crippen LogP contribution < -0.4 is 5.73 Å². The first-order chi connectivity index (χ1) is 31.2. The summed E-state index contributed by atoms with van der Waals surface area (Å²) in [6, 6.07) is 85.3. The van der Waals surface area contributed by atoms with Gasteiger partial charge in [-0.2, -0.15) is 0 Å². The predicted molar refractivity (Wildman–Crippen MR) is 265 cm³/mol. The number of hydrogen-bond acceptors (Lipinski definition) is 1. The maximum absolute atomic E-state index is 6.88. The third-order valence-electron chi connectivity index (χ3n) is 12.9. The number of amidine groups is 1. The van der Waals surface area contributed by atoms with Gasteiger partial charge in [0, 0.05) is 11.1 Å². The highest BCUT2D eigenvalue weighted by Crippen LogP contribution is 2.60. The quantitative estimate of drug-likeness (QED) is 0.115. The second-order valence-corrected chi connectivity index (χ2v) is 16.3. The molecule has 298 valence electrons. The van der Waals surface area contributed by atoms with E-state index in [-0.39, 0.29) is 0 Å². The van der Waals surface area contributed by atoms with Crippen molar-refractivity contribution in [3.05, 3.63) is 282 Å². The molecule has 0 bridgehead atoms. The summed E-state index contributed by atoms with van der Waals surface area (Å²) < 4.78 is 0. The molecule has 1 aliphatic rings. The van der Waals surface area contributed by atoms with Gasteiger partial charge in [0.05, 0.1) is 11.1 Å². The van der Waals surface area contributed by atoms with E-state index in [1.54, 1.807) is 0 Å². The maximum atomic E-state index is 6.88. The number of fused-ring (bicyclic) bond motifs is 6. The summed E-state index contributed by atoms with van der Waals surface area (Å²) >= 11 is 0. The molecular formula is C61H44N2. The van der Waals surface area contributed by atoms with Crippen molar-refractivity contribution in [3.63, 3.8) is 0 Å². The molecule has 63 heavy (non-hydrogen) atoms. The van der Waals surface area contributed by atoms with E-state index in [1.165, 1.54) is 72.0 Å². The largest absolute Gasteiger partial charge is 0.383 e. The smallest absolute Gasteiger partial charge is 0.131 e. The van der Waals surface area contributed by atoms with Gasteiger partial charge in [-0.15, -0.1) is 0 Å². The van der Waals surface area contributed by atoms with Gasteiger partial charge in [0.1, 0.15) is 5.84 Å². The normalized spacial score (nSPS) is 13.2. The summed E-state index contributed by atoms with van der Waals surface area (Å²) in [7, 11) is 0. The fourth-order valence-corrected chi connectivity index (χ4v) is 10.1. The molecule has 11 rings (SSSR count). The summed E-state index contributed by atoms with van der Waals surface area (Å²) in [6.07, 6.45) is 2.92. The molecule has 2 nitrogen and oxygen atoms in total. The Bertz CT molecular complexity index is 3310. The van der Waals surface area contributed by atoms with Crippen molar-refractivity contribution >= 4 is 33.1 Å². The van der Waals surface area contributed by atoms with Crippen molar-refractivity contribution in [2.45, 2.75) is 11.8 Å². The Morgan fingerprint density at radius 2 is 1.02 bits per heavy atom. The first-order valence-electron chi connectivity index (χ1n) is 21.7. The van der Waals surface area contributed by atoms with Crippen LogP contribution >= 0.6 is 0 Å². The lowest BCUT2D eigenvalue weighted by Gasteiger charge is -2.35. The molecule has 1 aliphatic carbocycles. The average Bonchev–Trinajstić information content (AvgIpc) is 3.68. The van der Waals surface area contributed by atoms with Crippen LogP contribution in [0.2, 0.25) is 0 Å². The molecule has 0 spiro atoms. The zero-order valence-electron chi connectivity index (χ0n) is 34.8. The van der Waals surface area contributed by atoms with E-state index in [0.29, 0.717) is 12.3 Å². The number of rotatable bonds is 9. The predicted octanol–water partition coefficient (Wildman–Crippen LogP) is 14.7. The SMILES string of the molecule is NC(=N/C(=C\Cc1ccccc1-c1ccccc1)c1ccc(-c2cccc3c2C(c2ccccc2)(c2ccccc2)c2ccc4ccccc4c2-3)c2ccccc12)c1ccccc1. The van der Waals surface area contributed by atoms with Gasteiger partial charge in [-0.25, -0.2) is 4.99 Å². The highest BCUT2D eigenvalue weighted by atomic mass is 14.9. The summed E-state index contributed by atoms with van der Waals surface area (Å²) in [5.74, 6) is 0.479. The molecule has 0 atom stereocenters. The first-order valence-corrected chi connectivity index (χ1v) is 21.7. The van der Waals surface area contributed by atoms with Gasteiger partial charge >= 0.3 is 0 Å². The van der Waals surface area contributed by atoms with Crippen molar-refractivity contribution in [1.82, 2.24) is 0 Å². The molecule has 0 saturated heterocycles. The Balaban J connectivity index is 1.16. The van der Waals surface area contributed by atoms with Crippen LogP contribution in [0, 0.1) is 0 Å². The molecule has 0 saturated carbocycles. The first kappa shape index (κ1) is 37.9. The van der Waals surface area contributed by atoms with Crippen LogP contribution in [0.3, 0.4) is 0 Å². The minimum atomic E-state index is -0.584. The van der Waals surface area contributed by atoms with Crippen molar-refractivity contribution in [1.29, 1.82) is 0 Å². The van der Waals surface area contributed by atoms with Crippen molar-refractivity contribution < 1.29 is 0 Å². The molecule has 2 N–H and O–H groups in total. The molecular weight excluding hydrogens is 761 g/mol. The molecule has 0 heterocycles. The number of nitrogens with zero attached hydrogens (tertiary/aromatic N) is 1. The summed E-state index contributed by atoms with van der Waals surface area (Å²) in [4.78, 5) is 5.26. The van der Waals surface area contributed by atoms with Crippen molar-refractivity contribution in [3.8, 4) is 33.4 Å². The van der Waals surface area contributed by atoms with Crippen LogP contribution in [-0.4, -0.2) is 5.84 Å². The van der Waals surface area contributed by atoms with Gasteiger partial charge in [0.2, 0.25) is 0 Å². The molecule has 0 aliphatic heterocycles. The Morgan fingerprint density at radius 1 is 0.444 bits per heavy atom. The van der Waals surface area contributed by atoms with E-state index in [4.69, 9.17) is 10.7 Å². The van der Waals surface area contributed by atoms with Crippen LogP contribution in [0.5, 0.6) is 0 Å². The van der Waals surface area contributed by atoms with E-state index in [9.17, 15) is 0 Å². The van der Waals surface area contributed by atoms with Crippen LogP contribution in [0.1, 0.15) is 38.9 Å². The summed E-state index contributed by atoms with van der Waals surface area (Å²) in [5, 5.41) is 4.77. The number of aliphatic imine (C=N–C) groups is 1. The number of allylic oxidation sites excluding steroid dienone is 1. The molecule has 10 aromatic rings. The highest BCUT2D eigenvalue weighted by molar-refractivity contribution is 6.10. The monoisotopic (exact) mass is 804 g/mol. The third kappa shape index (κ3) is 6.47. The minimum absolute atomic E-state index is 0.479. The van der Waals surface area contributed by atoms with E-state index >= 15 is 0 Å². The molecule has 2 heteroatoms. The molecule has 0 fully saturated rings. The van der Waals surface area contributed by atoms with Gasteiger partial charge in [-0.3, -0.25) is 0 Å². The van der Waals surface area contributed by atoms with Crippen LogP contribution in [0.15, 0.2) is 248 Å². The molecule has 0 amide bonds. The van der Waals surface area contributed by atoms with Crippen LogP contribution in [0.25, 0.3) is 60.6 Å². The van der Waals surface area contributed by atoms with Crippen molar-refractivity contribution in [2.24, 2.45) is 10.7 Å². The fourth-order valence-electron chi connectivity index (χ4n) is 10.1. The van der Waals surface area contributed by atoms with E-state index in [0.717, 1.165) is 27.6 Å². The Kier molecular flexibility index (Phi) is 9.67. The Hall–Kier alpha value is -8.07. The molecule has 0 radical (unpaired) electrons. The lowest BCUT2D eigenvalue weighted by atomic mass is 9.66. The lowest BCUT2D eigenvalue weighted by Crippen LogP contribution is -2.29. The fraction of sp³-hybridized carbons (Fsp3) is 0.0328. The van der Waals surface area contributed by atoms with Gasteiger partial charge in [0.25, 0.3) is 0 Å². The average molecular weight is 805 g/mol. The lowest BCUT2D eigenvalue weighted by molar-refractivity contribution is 0.771. The second-order valence-electron chi connectivity index (χ2n) is 16.3. The Morgan fingerprint density at radius 3 is 1.75 bits per heavy atom. The van der Waals surface area contributed by atoms with E-state index in [2.05, 4.69) is 212 Å². The number of nitrogens with two attached hydrogens (primary N) is 1. The zero-order valence-corrected chi connectivity index (χ0v) is 34.8. The molecule has 0 aromatic heterocycles. The van der Waals surface area contributed by atoms with Gasteiger partial charge in [-0.1, -0.05) is 243 Å². The minimum Gasteiger partial charge on any atom is -0.383 e. The van der Waals surface area contributed by atoms with E-state index < -0.39 is 5.41 Å². The number of benzene rings is 10. The van der Waals surface area contributed by atoms with Crippen LogP contribution in [-0.2, 0) is 11.8 Å². The Labute approximate surface area is 369 Å². The number of hydrogen-bond donors (Lipinski definition) is 1. The zero-order chi connectivity index (χ0) is 42.2. The third-order valence-corrected chi connectivity index (χ3v) is 12.9. The molecule has 0 unspecified atom stereocenters. The van der Waals surface area contributed by atoms with E-state index in [1.807, 2.05) is 30.3 Å². The summed E-state index contributed by atoms with van der Waals surface area (Å²) in [6.45, 7) is 0.